The molecule has 1 N–H and O–H groups in total. The van der Waals surface area contributed by atoms with Gasteiger partial charge in [0, 0.05) is 32.0 Å². The van der Waals surface area contributed by atoms with Crippen LogP contribution in [0.15, 0.2) is 23.1 Å². The molecule has 1 saturated heterocycles. The molecule has 4 nitrogen and oxygen atoms in total. The van der Waals surface area contributed by atoms with Gasteiger partial charge in [-0.3, -0.25) is 4.79 Å². The first-order chi connectivity index (χ1) is 7.25. The van der Waals surface area contributed by atoms with E-state index in [-0.39, 0.29) is 5.56 Å². The molecular weight excluding hydrogens is 192 g/mol. The summed E-state index contributed by atoms with van der Waals surface area (Å²) in [5.41, 5.74) is 0.994. The summed E-state index contributed by atoms with van der Waals surface area (Å²) in [5.74, 6) is 0. The molecule has 0 saturated carbocycles. The van der Waals surface area contributed by atoms with E-state index >= 15 is 0 Å². The molecule has 1 aliphatic heterocycles. The van der Waals surface area contributed by atoms with E-state index in [1.165, 1.54) is 0 Å². The molecule has 0 bridgehead atoms. The molecule has 15 heavy (non-hydrogen) atoms. The molecule has 1 atom stereocenters. The van der Waals surface area contributed by atoms with Crippen molar-refractivity contribution in [2.24, 2.45) is 7.05 Å². The minimum Gasteiger partial charge on any atom is -0.379 e. The van der Waals surface area contributed by atoms with Gasteiger partial charge in [-0.15, -0.1) is 0 Å². The van der Waals surface area contributed by atoms with Gasteiger partial charge in [-0.05, 0) is 18.9 Å². The standard InChI is InChI=1S/C11H16N2O2/c1-13-7-9(4-5-11(13)14)12-10-3-2-6-15-8-10/h4-5,7,10,12H,2-3,6,8H2,1H3. The average molecular weight is 208 g/mol. The van der Waals surface area contributed by atoms with Crippen LogP contribution >= 0.6 is 0 Å². The molecule has 0 aliphatic carbocycles. The van der Waals surface area contributed by atoms with Crippen LogP contribution in [0.25, 0.3) is 0 Å². The number of aromatic nitrogens is 1. The molecule has 1 fully saturated rings. The van der Waals surface area contributed by atoms with Crippen molar-refractivity contribution in [1.82, 2.24) is 4.57 Å². The highest BCUT2D eigenvalue weighted by atomic mass is 16.5. The lowest BCUT2D eigenvalue weighted by molar-refractivity contribution is 0.0876. The van der Waals surface area contributed by atoms with Crippen molar-refractivity contribution in [3.63, 3.8) is 0 Å². The third-order valence-electron chi connectivity index (χ3n) is 2.62. The first-order valence-corrected chi connectivity index (χ1v) is 5.27. The molecule has 1 aromatic heterocycles. The van der Waals surface area contributed by atoms with E-state index < -0.39 is 0 Å². The van der Waals surface area contributed by atoms with Gasteiger partial charge in [0.05, 0.1) is 12.3 Å². The van der Waals surface area contributed by atoms with Crippen molar-refractivity contribution in [2.75, 3.05) is 18.5 Å². The third kappa shape index (κ3) is 2.59. The Morgan fingerprint density at radius 2 is 2.40 bits per heavy atom. The lowest BCUT2D eigenvalue weighted by Crippen LogP contribution is -2.30. The maximum atomic E-state index is 11.2. The normalized spacial score (nSPS) is 21.3. The first-order valence-electron chi connectivity index (χ1n) is 5.27. The molecule has 1 aliphatic rings. The molecule has 4 heteroatoms. The Labute approximate surface area is 88.9 Å². The van der Waals surface area contributed by atoms with Gasteiger partial charge in [0.2, 0.25) is 5.56 Å². The quantitative estimate of drug-likeness (QED) is 0.787. The van der Waals surface area contributed by atoms with Crippen molar-refractivity contribution in [1.29, 1.82) is 0 Å². The lowest BCUT2D eigenvalue weighted by atomic mass is 10.1. The van der Waals surface area contributed by atoms with Crippen molar-refractivity contribution < 1.29 is 4.74 Å². The summed E-state index contributed by atoms with van der Waals surface area (Å²) in [5, 5.41) is 3.36. The van der Waals surface area contributed by atoms with Crippen LogP contribution in [-0.4, -0.2) is 23.8 Å². The van der Waals surface area contributed by atoms with Crippen LogP contribution in [0.5, 0.6) is 0 Å². The number of anilines is 1. The van der Waals surface area contributed by atoms with E-state index in [4.69, 9.17) is 4.74 Å². The van der Waals surface area contributed by atoms with Gasteiger partial charge in [-0.1, -0.05) is 0 Å². The lowest BCUT2D eigenvalue weighted by Gasteiger charge is -2.24. The van der Waals surface area contributed by atoms with Crippen molar-refractivity contribution >= 4 is 5.69 Å². The molecule has 1 unspecified atom stereocenters. The molecule has 1 aromatic rings. The van der Waals surface area contributed by atoms with E-state index in [0.29, 0.717) is 6.04 Å². The van der Waals surface area contributed by atoms with Crippen LogP contribution in [0.2, 0.25) is 0 Å². The van der Waals surface area contributed by atoms with Crippen molar-refractivity contribution in [3.05, 3.63) is 28.7 Å². The van der Waals surface area contributed by atoms with E-state index in [2.05, 4.69) is 5.32 Å². The fourth-order valence-corrected chi connectivity index (χ4v) is 1.77. The number of rotatable bonds is 2. The van der Waals surface area contributed by atoms with Crippen LogP contribution in [0.4, 0.5) is 5.69 Å². The number of nitrogens with zero attached hydrogens (tertiary/aromatic N) is 1. The van der Waals surface area contributed by atoms with Crippen LogP contribution in [0.1, 0.15) is 12.8 Å². The minimum absolute atomic E-state index is 0.0143. The Morgan fingerprint density at radius 3 is 3.07 bits per heavy atom. The third-order valence-corrected chi connectivity index (χ3v) is 2.62. The van der Waals surface area contributed by atoms with E-state index in [1.807, 2.05) is 12.3 Å². The number of nitrogens with one attached hydrogen (secondary N) is 1. The predicted octanol–water partition coefficient (Wildman–Crippen LogP) is 0.976. The summed E-state index contributed by atoms with van der Waals surface area (Å²) in [6.45, 7) is 1.62. The second-order valence-electron chi connectivity index (χ2n) is 3.93. The van der Waals surface area contributed by atoms with Gasteiger partial charge >= 0.3 is 0 Å². The van der Waals surface area contributed by atoms with Crippen LogP contribution in [-0.2, 0) is 11.8 Å². The van der Waals surface area contributed by atoms with Gasteiger partial charge < -0.3 is 14.6 Å². The maximum absolute atomic E-state index is 11.2. The molecular formula is C11H16N2O2. The van der Waals surface area contributed by atoms with Gasteiger partial charge in [-0.2, -0.15) is 0 Å². The molecule has 0 aromatic carbocycles. The Kier molecular flexibility index (Phi) is 3.06. The van der Waals surface area contributed by atoms with Gasteiger partial charge in [0.15, 0.2) is 0 Å². The summed E-state index contributed by atoms with van der Waals surface area (Å²) in [6, 6.07) is 3.76. The number of hydrogen-bond donors (Lipinski definition) is 1. The first kappa shape index (κ1) is 10.2. The zero-order chi connectivity index (χ0) is 10.7. The van der Waals surface area contributed by atoms with E-state index in [0.717, 1.165) is 31.7 Å². The largest absolute Gasteiger partial charge is 0.379 e. The zero-order valence-electron chi connectivity index (χ0n) is 8.90. The maximum Gasteiger partial charge on any atom is 0.250 e. The van der Waals surface area contributed by atoms with E-state index in [1.54, 1.807) is 17.7 Å². The highest BCUT2D eigenvalue weighted by Gasteiger charge is 2.13. The number of ether oxygens (including phenoxy) is 1. The second kappa shape index (κ2) is 4.49. The molecule has 0 spiro atoms. The molecule has 2 heterocycles. The van der Waals surface area contributed by atoms with Crippen LogP contribution in [0, 0.1) is 0 Å². The van der Waals surface area contributed by atoms with Gasteiger partial charge in [-0.25, -0.2) is 0 Å². The topological polar surface area (TPSA) is 43.3 Å². The number of hydrogen-bond acceptors (Lipinski definition) is 3. The summed E-state index contributed by atoms with van der Waals surface area (Å²) >= 11 is 0. The molecule has 2 rings (SSSR count). The monoisotopic (exact) mass is 208 g/mol. The molecule has 0 amide bonds. The summed E-state index contributed by atoms with van der Waals surface area (Å²) in [7, 11) is 1.75. The number of pyridine rings is 1. The smallest absolute Gasteiger partial charge is 0.250 e. The Bertz CT molecular complexity index is 380. The Hall–Kier alpha value is -1.29. The zero-order valence-corrected chi connectivity index (χ0v) is 8.90. The average Bonchev–Trinajstić information content (AvgIpc) is 2.25. The predicted molar refractivity (Wildman–Crippen MR) is 59.1 cm³/mol. The molecule has 0 radical (unpaired) electrons. The number of aryl methyl sites for hydroxylation is 1. The molecule has 82 valence electrons. The van der Waals surface area contributed by atoms with Crippen LogP contribution in [0.3, 0.4) is 0 Å². The van der Waals surface area contributed by atoms with Gasteiger partial charge in [0.1, 0.15) is 0 Å². The highest BCUT2D eigenvalue weighted by molar-refractivity contribution is 5.41. The summed E-state index contributed by atoms with van der Waals surface area (Å²) < 4.78 is 6.95. The van der Waals surface area contributed by atoms with Crippen LogP contribution < -0.4 is 10.9 Å². The van der Waals surface area contributed by atoms with Crippen molar-refractivity contribution in [3.8, 4) is 0 Å². The summed E-state index contributed by atoms with van der Waals surface area (Å²) in [6.07, 6.45) is 4.04. The summed E-state index contributed by atoms with van der Waals surface area (Å²) in [4.78, 5) is 11.2. The highest BCUT2D eigenvalue weighted by Crippen LogP contribution is 2.12. The van der Waals surface area contributed by atoms with Crippen molar-refractivity contribution in [2.45, 2.75) is 18.9 Å². The SMILES string of the molecule is Cn1cc(NC2CCCOC2)ccc1=O. The van der Waals surface area contributed by atoms with Gasteiger partial charge in [0.25, 0.3) is 0 Å². The Balaban J connectivity index is 2.03. The fourth-order valence-electron chi connectivity index (χ4n) is 1.77. The minimum atomic E-state index is 0.0143. The fraction of sp³-hybridized carbons (Fsp3) is 0.545. The van der Waals surface area contributed by atoms with E-state index in [9.17, 15) is 4.79 Å². The second-order valence-corrected chi connectivity index (χ2v) is 3.93. The Morgan fingerprint density at radius 1 is 1.53 bits per heavy atom.